The molecule has 2 bridgehead atoms. The molecule has 36 heavy (non-hydrogen) atoms. The van der Waals surface area contributed by atoms with E-state index in [1.165, 1.54) is 6.08 Å². The number of amides is 3. The van der Waals surface area contributed by atoms with E-state index in [-0.39, 0.29) is 17.7 Å². The Labute approximate surface area is 213 Å². The number of fused-ring (bicyclic) bond motifs is 10. The Hall–Kier alpha value is -3.87. The van der Waals surface area contributed by atoms with Crippen LogP contribution in [-0.4, -0.2) is 35.9 Å². The molecule has 0 aliphatic carbocycles. The third-order valence-electron chi connectivity index (χ3n) is 6.24. The van der Waals surface area contributed by atoms with Crippen LogP contribution in [0.2, 0.25) is 0 Å². The van der Waals surface area contributed by atoms with Gasteiger partial charge in [0.25, 0.3) is 0 Å². The zero-order valence-corrected chi connectivity index (χ0v) is 21.2. The molecule has 4 atom stereocenters. The van der Waals surface area contributed by atoms with Gasteiger partial charge in [-0.3, -0.25) is 14.4 Å². The van der Waals surface area contributed by atoms with Crippen LogP contribution in [0.3, 0.4) is 0 Å². The number of benzene rings is 2. The van der Waals surface area contributed by atoms with Gasteiger partial charge in [0.2, 0.25) is 17.7 Å². The quantitative estimate of drug-likeness (QED) is 0.536. The first-order valence-electron chi connectivity index (χ1n) is 12.4. The predicted molar refractivity (Wildman–Crippen MR) is 142 cm³/mol. The lowest BCUT2D eigenvalue weighted by Gasteiger charge is -2.32. The molecule has 0 fully saturated rings. The van der Waals surface area contributed by atoms with Gasteiger partial charge in [0.1, 0.15) is 23.9 Å². The van der Waals surface area contributed by atoms with Crippen molar-refractivity contribution >= 4 is 29.9 Å². The monoisotopic (exact) mass is 489 g/mol. The van der Waals surface area contributed by atoms with Gasteiger partial charge in [-0.1, -0.05) is 76.6 Å². The van der Waals surface area contributed by atoms with Gasteiger partial charge in [-0.05, 0) is 47.2 Å². The second kappa shape index (κ2) is 12.7. The molecule has 2 heterocycles. The fourth-order valence-electron chi connectivity index (χ4n) is 3.89. The fourth-order valence-corrected chi connectivity index (χ4v) is 3.89. The number of hydrogen-bond donors (Lipinski definition) is 3. The van der Waals surface area contributed by atoms with Crippen molar-refractivity contribution in [3.8, 4) is 5.75 Å². The Kier molecular flexibility index (Phi) is 9.45. The van der Waals surface area contributed by atoms with Gasteiger partial charge >= 0.3 is 0 Å². The van der Waals surface area contributed by atoms with E-state index in [0.29, 0.717) is 12.2 Å². The minimum atomic E-state index is -1.03. The van der Waals surface area contributed by atoms with Crippen molar-refractivity contribution in [2.45, 2.75) is 52.3 Å². The van der Waals surface area contributed by atoms with Crippen LogP contribution >= 0.6 is 0 Å². The standard InChI is InChI=1S/C29H35N3O4/c1-5-20(4)25-28(34)30-18-17-22-11-14-23(15-12-22)36-27(19(2)3)26(29(35)32-25)31-24(33)16-13-21-9-7-6-8-10-21/h6-20,25-27H,5H2,1-4H3,(H,30,34)(H,31,33)(H,32,35)/b16-13+,18-17+/t20-,25+,26+,27+/m0/s1. The largest absolute Gasteiger partial charge is 0.487 e. The third-order valence-corrected chi connectivity index (χ3v) is 6.24. The first kappa shape index (κ1) is 26.7. The molecule has 190 valence electrons. The summed E-state index contributed by atoms with van der Waals surface area (Å²) in [5, 5.41) is 8.47. The number of carbonyl (C=O) groups is 3. The zero-order valence-electron chi connectivity index (χ0n) is 21.2. The van der Waals surface area contributed by atoms with Crippen LogP contribution in [0, 0.1) is 11.8 Å². The van der Waals surface area contributed by atoms with E-state index >= 15 is 0 Å². The van der Waals surface area contributed by atoms with Gasteiger partial charge in [-0.2, -0.15) is 0 Å². The van der Waals surface area contributed by atoms with Crippen molar-refractivity contribution in [3.05, 3.63) is 78.0 Å². The number of rotatable bonds is 6. The first-order valence-corrected chi connectivity index (χ1v) is 12.4. The van der Waals surface area contributed by atoms with Crippen LogP contribution in [0.25, 0.3) is 12.2 Å². The molecular weight excluding hydrogens is 454 g/mol. The summed E-state index contributed by atoms with van der Waals surface area (Å²) in [4.78, 5) is 39.5. The zero-order chi connectivity index (χ0) is 26.1. The Bertz CT molecular complexity index is 1090. The van der Waals surface area contributed by atoms with Gasteiger partial charge in [-0.25, -0.2) is 0 Å². The Morgan fingerprint density at radius 1 is 1.03 bits per heavy atom. The minimum absolute atomic E-state index is 0.123. The van der Waals surface area contributed by atoms with E-state index in [2.05, 4.69) is 16.0 Å². The second-order valence-corrected chi connectivity index (χ2v) is 9.34. The lowest BCUT2D eigenvalue weighted by molar-refractivity contribution is -0.134. The van der Waals surface area contributed by atoms with Crippen LogP contribution in [0.1, 0.15) is 45.2 Å². The van der Waals surface area contributed by atoms with Crippen molar-refractivity contribution in [1.29, 1.82) is 0 Å². The van der Waals surface area contributed by atoms with E-state index in [1.54, 1.807) is 30.5 Å². The van der Waals surface area contributed by atoms with E-state index < -0.39 is 30.0 Å². The Morgan fingerprint density at radius 2 is 1.72 bits per heavy atom. The van der Waals surface area contributed by atoms with E-state index in [0.717, 1.165) is 11.1 Å². The highest BCUT2D eigenvalue weighted by atomic mass is 16.5. The molecule has 7 heteroatoms. The number of ether oxygens (including phenoxy) is 1. The summed E-state index contributed by atoms with van der Waals surface area (Å²) in [6.07, 6.45) is 6.43. The third kappa shape index (κ3) is 7.31. The molecule has 0 unspecified atom stereocenters. The molecule has 0 spiro atoms. The van der Waals surface area contributed by atoms with Crippen molar-refractivity contribution in [1.82, 2.24) is 16.0 Å². The van der Waals surface area contributed by atoms with Crippen molar-refractivity contribution in [2.24, 2.45) is 11.8 Å². The van der Waals surface area contributed by atoms with Gasteiger partial charge in [0, 0.05) is 12.3 Å². The normalized spacial score (nSPS) is 22.3. The smallest absolute Gasteiger partial charge is 0.247 e. The summed E-state index contributed by atoms with van der Waals surface area (Å²) in [7, 11) is 0. The van der Waals surface area contributed by atoms with Gasteiger partial charge < -0.3 is 20.7 Å². The number of hydrogen-bond acceptors (Lipinski definition) is 4. The van der Waals surface area contributed by atoms with E-state index in [9.17, 15) is 14.4 Å². The molecule has 3 amide bonds. The molecule has 2 aliphatic heterocycles. The molecule has 2 aromatic carbocycles. The first-order chi connectivity index (χ1) is 17.3. The summed E-state index contributed by atoms with van der Waals surface area (Å²) >= 11 is 0. The van der Waals surface area contributed by atoms with Gasteiger partial charge in [0.15, 0.2) is 0 Å². The summed E-state index contributed by atoms with van der Waals surface area (Å²) in [6.45, 7) is 7.72. The maximum absolute atomic E-state index is 13.6. The minimum Gasteiger partial charge on any atom is -0.487 e. The predicted octanol–water partition coefficient (Wildman–Crippen LogP) is 3.92. The van der Waals surface area contributed by atoms with Crippen LogP contribution in [0.4, 0.5) is 0 Å². The molecule has 0 saturated carbocycles. The van der Waals surface area contributed by atoms with E-state index in [1.807, 2.05) is 70.2 Å². The highest BCUT2D eigenvalue weighted by Crippen LogP contribution is 2.21. The summed E-state index contributed by atoms with van der Waals surface area (Å²) in [5.74, 6) is -0.898. The molecule has 0 aromatic heterocycles. The molecule has 4 rings (SSSR count). The van der Waals surface area contributed by atoms with Crippen molar-refractivity contribution in [3.63, 3.8) is 0 Å². The molecule has 7 nitrogen and oxygen atoms in total. The average molecular weight is 490 g/mol. The lowest BCUT2D eigenvalue weighted by atomic mass is 9.95. The Balaban J connectivity index is 1.96. The van der Waals surface area contributed by atoms with Gasteiger partial charge in [-0.15, -0.1) is 0 Å². The van der Waals surface area contributed by atoms with Crippen molar-refractivity contribution < 1.29 is 19.1 Å². The summed E-state index contributed by atoms with van der Waals surface area (Å²) in [5.41, 5.74) is 1.75. The highest BCUT2D eigenvalue weighted by molar-refractivity contribution is 5.97. The Morgan fingerprint density at radius 3 is 2.36 bits per heavy atom. The molecule has 0 radical (unpaired) electrons. The molecular formula is C29H35N3O4. The molecule has 2 aliphatic rings. The fraction of sp³-hybridized carbons (Fsp3) is 0.345. The lowest BCUT2D eigenvalue weighted by Crippen LogP contribution is -2.60. The summed E-state index contributed by atoms with van der Waals surface area (Å²) < 4.78 is 6.24. The molecule has 0 saturated heterocycles. The topological polar surface area (TPSA) is 96.5 Å². The highest BCUT2D eigenvalue weighted by Gasteiger charge is 2.36. The molecule has 3 N–H and O–H groups in total. The van der Waals surface area contributed by atoms with Crippen molar-refractivity contribution in [2.75, 3.05) is 0 Å². The van der Waals surface area contributed by atoms with Crippen LogP contribution in [0.5, 0.6) is 5.75 Å². The summed E-state index contributed by atoms with van der Waals surface area (Å²) in [6, 6.07) is 14.9. The average Bonchev–Trinajstić information content (AvgIpc) is 2.88. The molecule has 2 aromatic rings. The second-order valence-electron chi connectivity index (χ2n) is 9.34. The SMILES string of the molecule is CC[C@H](C)[C@H]1NC(=O)[C@H](NC(=O)/C=C/c2ccccc2)[C@@H](C(C)C)Oc2ccc(cc2)/C=C/NC1=O. The number of carbonyl (C=O) groups excluding carboxylic acids is 3. The van der Waals surface area contributed by atoms with E-state index in [4.69, 9.17) is 4.74 Å². The van der Waals surface area contributed by atoms with Gasteiger partial charge in [0.05, 0.1) is 0 Å². The van der Waals surface area contributed by atoms with Crippen LogP contribution in [0.15, 0.2) is 66.9 Å². The van der Waals surface area contributed by atoms with Crippen LogP contribution < -0.4 is 20.7 Å². The maximum Gasteiger partial charge on any atom is 0.247 e. The number of nitrogens with one attached hydrogen (secondary N) is 3. The van der Waals surface area contributed by atoms with Crippen LogP contribution in [-0.2, 0) is 14.4 Å². The maximum atomic E-state index is 13.6.